The molecule has 1 unspecified atom stereocenters. The molecule has 0 radical (unpaired) electrons. The van der Waals surface area contributed by atoms with E-state index in [-0.39, 0.29) is 11.8 Å². The number of anilines is 1. The molecule has 1 aliphatic heterocycles. The highest BCUT2D eigenvalue weighted by Crippen LogP contribution is 2.42. The number of unbranched alkanes of at least 4 members (excludes halogenated alkanes) is 3. The first-order valence-corrected chi connectivity index (χ1v) is 13.1. The molecule has 1 aliphatic carbocycles. The SMILES string of the molecule is CCCCCCOc1ccc(C2C3=C(CCCC3=O)Nc3nc(SCCC)nn32)cc1OC. The Morgan fingerprint density at radius 2 is 2.03 bits per heavy atom. The number of carbonyl (C=O) groups is 1. The standard InChI is InChI=1S/C25H34N4O3S/c1-4-6-7-8-14-32-20-13-12-17(16-21(20)31-3)23-22-18(10-9-11-19(22)30)26-24-27-25(28-29(23)24)33-15-5-2/h12-13,16,23H,4-11,14-15H2,1-3H3,(H,26,27,28). The number of rotatable bonds is 11. The van der Waals surface area contributed by atoms with Gasteiger partial charge in [0.15, 0.2) is 17.3 Å². The number of ether oxygens (including phenoxy) is 2. The van der Waals surface area contributed by atoms with Gasteiger partial charge in [0.2, 0.25) is 11.1 Å². The molecule has 0 bridgehead atoms. The van der Waals surface area contributed by atoms with Gasteiger partial charge in [-0.3, -0.25) is 4.79 Å². The first-order chi connectivity index (χ1) is 16.2. The summed E-state index contributed by atoms with van der Waals surface area (Å²) in [5, 5.41) is 8.90. The highest BCUT2D eigenvalue weighted by Gasteiger charge is 2.37. The zero-order valence-corrected chi connectivity index (χ0v) is 20.7. The summed E-state index contributed by atoms with van der Waals surface area (Å²) in [6.07, 6.45) is 7.93. The van der Waals surface area contributed by atoms with Gasteiger partial charge in [-0.05, 0) is 43.4 Å². The van der Waals surface area contributed by atoms with Crippen LogP contribution in [-0.4, -0.2) is 40.0 Å². The van der Waals surface area contributed by atoms with Gasteiger partial charge in [0, 0.05) is 23.4 Å². The number of nitrogens with one attached hydrogen (secondary N) is 1. The molecule has 7 nitrogen and oxygen atoms in total. The molecule has 0 saturated heterocycles. The number of hydrogen-bond acceptors (Lipinski definition) is 7. The molecule has 0 spiro atoms. The number of Topliss-reactive ketones (excluding diaryl/α,β-unsaturated/α-hetero) is 1. The number of allylic oxidation sites excluding steroid dienone is 2. The van der Waals surface area contributed by atoms with Crippen LogP contribution in [0.15, 0.2) is 34.6 Å². The summed E-state index contributed by atoms with van der Waals surface area (Å²) in [5.41, 5.74) is 2.71. The third kappa shape index (κ3) is 5.21. The Balaban J connectivity index is 1.66. The summed E-state index contributed by atoms with van der Waals surface area (Å²) >= 11 is 1.64. The van der Waals surface area contributed by atoms with E-state index in [1.54, 1.807) is 18.9 Å². The van der Waals surface area contributed by atoms with Gasteiger partial charge in [-0.25, -0.2) is 4.68 Å². The predicted octanol–water partition coefficient (Wildman–Crippen LogP) is 5.77. The molecule has 33 heavy (non-hydrogen) atoms. The summed E-state index contributed by atoms with van der Waals surface area (Å²) in [5.74, 6) is 3.23. The minimum atomic E-state index is -0.319. The largest absolute Gasteiger partial charge is 0.493 e. The van der Waals surface area contributed by atoms with E-state index in [0.717, 1.165) is 59.2 Å². The summed E-state index contributed by atoms with van der Waals surface area (Å²) in [6.45, 7) is 5.01. The maximum Gasteiger partial charge on any atom is 0.227 e. The molecule has 2 heterocycles. The fourth-order valence-corrected chi connectivity index (χ4v) is 5.07. The van der Waals surface area contributed by atoms with Gasteiger partial charge in [0.05, 0.1) is 13.7 Å². The summed E-state index contributed by atoms with van der Waals surface area (Å²) in [7, 11) is 1.66. The Bertz CT molecular complexity index is 1020. The normalized spacial score (nSPS) is 17.4. The Morgan fingerprint density at radius 3 is 2.82 bits per heavy atom. The van der Waals surface area contributed by atoms with Gasteiger partial charge >= 0.3 is 0 Å². The van der Waals surface area contributed by atoms with Gasteiger partial charge in [0.1, 0.15) is 6.04 Å². The molecule has 178 valence electrons. The maximum absolute atomic E-state index is 13.0. The number of thioether (sulfide) groups is 1. The Hall–Kier alpha value is -2.48. The van der Waals surface area contributed by atoms with Crippen molar-refractivity contribution in [1.82, 2.24) is 14.8 Å². The Kier molecular flexibility index (Phi) is 7.96. The second kappa shape index (κ2) is 11.1. The van der Waals surface area contributed by atoms with Crippen LogP contribution in [-0.2, 0) is 4.79 Å². The lowest BCUT2D eigenvalue weighted by molar-refractivity contribution is -0.116. The minimum Gasteiger partial charge on any atom is -0.493 e. The van der Waals surface area contributed by atoms with Crippen molar-refractivity contribution in [1.29, 1.82) is 0 Å². The summed E-state index contributed by atoms with van der Waals surface area (Å²) < 4.78 is 13.5. The first kappa shape index (κ1) is 23.7. The average Bonchev–Trinajstić information content (AvgIpc) is 3.24. The number of methoxy groups -OCH3 is 1. The van der Waals surface area contributed by atoms with E-state index < -0.39 is 0 Å². The molecule has 0 saturated carbocycles. The lowest BCUT2D eigenvalue weighted by Crippen LogP contribution is -2.31. The summed E-state index contributed by atoms with van der Waals surface area (Å²) in [4.78, 5) is 17.7. The molecule has 0 amide bonds. The lowest BCUT2D eigenvalue weighted by Gasteiger charge is -2.32. The van der Waals surface area contributed by atoms with E-state index in [0.29, 0.717) is 24.7 Å². The number of carbonyl (C=O) groups excluding carboxylic acids is 1. The highest BCUT2D eigenvalue weighted by atomic mass is 32.2. The molecule has 2 aliphatic rings. The van der Waals surface area contributed by atoms with E-state index in [1.165, 1.54) is 19.3 Å². The van der Waals surface area contributed by atoms with E-state index in [1.807, 2.05) is 22.9 Å². The highest BCUT2D eigenvalue weighted by molar-refractivity contribution is 7.99. The molecule has 1 atom stereocenters. The van der Waals surface area contributed by atoms with Gasteiger partial charge in [-0.1, -0.05) is 50.9 Å². The van der Waals surface area contributed by atoms with Crippen LogP contribution in [0.25, 0.3) is 0 Å². The number of fused-ring (bicyclic) bond motifs is 1. The smallest absolute Gasteiger partial charge is 0.227 e. The topological polar surface area (TPSA) is 78.3 Å². The number of nitrogens with zero attached hydrogens (tertiary/aromatic N) is 3. The first-order valence-electron chi connectivity index (χ1n) is 12.1. The second-order valence-corrected chi connectivity index (χ2v) is 9.59. The van der Waals surface area contributed by atoms with Crippen LogP contribution in [0.2, 0.25) is 0 Å². The Labute approximate surface area is 200 Å². The van der Waals surface area contributed by atoms with Crippen molar-refractivity contribution < 1.29 is 14.3 Å². The van der Waals surface area contributed by atoms with Crippen molar-refractivity contribution in [3.8, 4) is 11.5 Å². The predicted molar refractivity (Wildman–Crippen MR) is 131 cm³/mol. The van der Waals surface area contributed by atoms with Crippen LogP contribution in [0.4, 0.5) is 5.95 Å². The zero-order valence-electron chi connectivity index (χ0n) is 19.9. The zero-order chi connectivity index (χ0) is 23.2. The fraction of sp³-hybridized carbons (Fsp3) is 0.560. The molecule has 1 aromatic carbocycles. The number of ketones is 1. The van der Waals surface area contributed by atoms with Gasteiger partial charge in [0.25, 0.3) is 0 Å². The van der Waals surface area contributed by atoms with Crippen LogP contribution in [0.5, 0.6) is 11.5 Å². The average molecular weight is 471 g/mol. The van der Waals surface area contributed by atoms with E-state index >= 15 is 0 Å². The van der Waals surface area contributed by atoms with Crippen LogP contribution >= 0.6 is 11.8 Å². The van der Waals surface area contributed by atoms with Crippen molar-refractivity contribution in [2.75, 3.05) is 24.8 Å². The van der Waals surface area contributed by atoms with E-state index in [4.69, 9.17) is 19.6 Å². The molecule has 8 heteroatoms. The lowest BCUT2D eigenvalue weighted by atomic mass is 9.85. The maximum atomic E-state index is 13.0. The van der Waals surface area contributed by atoms with Crippen molar-refractivity contribution in [3.63, 3.8) is 0 Å². The van der Waals surface area contributed by atoms with Crippen LogP contribution in [0, 0.1) is 0 Å². The number of hydrogen-bond donors (Lipinski definition) is 1. The van der Waals surface area contributed by atoms with Crippen molar-refractivity contribution in [3.05, 3.63) is 35.0 Å². The van der Waals surface area contributed by atoms with Crippen LogP contribution in [0.3, 0.4) is 0 Å². The number of benzene rings is 1. The van der Waals surface area contributed by atoms with Crippen molar-refractivity contribution in [2.24, 2.45) is 0 Å². The molecule has 1 aromatic heterocycles. The van der Waals surface area contributed by atoms with Gasteiger partial charge < -0.3 is 14.8 Å². The fourth-order valence-electron chi connectivity index (χ4n) is 4.38. The van der Waals surface area contributed by atoms with Gasteiger partial charge in [-0.15, -0.1) is 5.10 Å². The molecule has 2 aromatic rings. The Morgan fingerprint density at radius 1 is 1.15 bits per heavy atom. The third-order valence-corrected chi connectivity index (χ3v) is 7.09. The van der Waals surface area contributed by atoms with E-state index in [2.05, 4.69) is 19.2 Å². The summed E-state index contributed by atoms with van der Waals surface area (Å²) in [6, 6.07) is 5.64. The van der Waals surface area contributed by atoms with Crippen LogP contribution < -0.4 is 14.8 Å². The quantitative estimate of drug-likeness (QED) is 0.330. The third-order valence-electron chi connectivity index (χ3n) is 6.04. The monoisotopic (exact) mass is 470 g/mol. The van der Waals surface area contributed by atoms with E-state index in [9.17, 15) is 4.79 Å². The minimum absolute atomic E-state index is 0.174. The number of aromatic nitrogens is 3. The van der Waals surface area contributed by atoms with Crippen LogP contribution in [0.1, 0.15) is 76.8 Å². The van der Waals surface area contributed by atoms with Crippen molar-refractivity contribution in [2.45, 2.75) is 76.4 Å². The van der Waals surface area contributed by atoms with Gasteiger partial charge in [-0.2, -0.15) is 4.98 Å². The molecule has 4 rings (SSSR count). The second-order valence-electron chi connectivity index (χ2n) is 8.53. The molecular weight excluding hydrogens is 436 g/mol. The molecule has 0 fully saturated rings. The molecular formula is C25H34N4O3S. The van der Waals surface area contributed by atoms with Crippen molar-refractivity contribution >= 4 is 23.5 Å². The molecule has 1 N–H and O–H groups in total.